The van der Waals surface area contributed by atoms with Crippen molar-refractivity contribution in [2.75, 3.05) is 0 Å². The molecule has 0 amide bonds. The van der Waals surface area contributed by atoms with Crippen LogP contribution >= 0.6 is 0 Å². The predicted molar refractivity (Wildman–Crippen MR) is 43.9 cm³/mol. The first-order valence-electron chi connectivity index (χ1n) is 2.49. The molecular formula is C5H6N2Na2O2. The molecule has 1 aromatic heterocycles. The van der Waals surface area contributed by atoms with Crippen LogP contribution in [-0.4, -0.2) is 69.1 Å². The van der Waals surface area contributed by atoms with Gasteiger partial charge in [-0.2, -0.15) is 0 Å². The second kappa shape index (κ2) is 6.22. The first-order valence-corrected chi connectivity index (χ1v) is 2.49. The topological polar surface area (TPSA) is 65.7 Å². The monoisotopic (exact) mass is 172 g/mol. The van der Waals surface area contributed by atoms with Gasteiger partial charge in [0, 0.05) is 70.9 Å². The Kier molecular flexibility index (Phi) is 8.04. The minimum atomic E-state index is -0.467. The Morgan fingerprint density at radius 2 is 1.82 bits per heavy atom. The van der Waals surface area contributed by atoms with Crippen LogP contribution in [0, 0.1) is 6.92 Å². The van der Waals surface area contributed by atoms with Crippen molar-refractivity contribution in [1.82, 2.24) is 9.97 Å². The maximum Gasteiger partial charge on any atom is 0.325 e. The molecule has 0 aliphatic rings. The molecule has 2 N–H and O–H groups in total. The molecule has 0 saturated heterocycles. The van der Waals surface area contributed by atoms with Gasteiger partial charge in [0.25, 0.3) is 5.56 Å². The van der Waals surface area contributed by atoms with Crippen molar-refractivity contribution in [1.29, 1.82) is 0 Å². The number of H-pyrrole nitrogens is 2. The quantitative estimate of drug-likeness (QED) is 0.473. The van der Waals surface area contributed by atoms with Gasteiger partial charge >= 0.3 is 5.69 Å². The zero-order valence-electron chi connectivity index (χ0n) is 6.89. The third kappa shape index (κ3) is 4.30. The van der Waals surface area contributed by atoms with Gasteiger partial charge in [0.15, 0.2) is 0 Å². The Morgan fingerprint density at radius 1 is 1.27 bits per heavy atom. The smallest absolute Gasteiger partial charge is 0.314 e. The number of aryl methyl sites for hydroxylation is 1. The zero-order valence-corrected chi connectivity index (χ0v) is 10.9. The van der Waals surface area contributed by atoms with Crippen molar-refractivity contribution in [3.63, 3.8) is 0 Å². The van der Waals surface area contributed by atoms with E-state index in [4.69, 9.17) is 0 Å². The van der Waals surface area contributed by atoms with Gasteiger partial charge in [0.1, 0.15) is 0 Å². The molecule has 0 bridgehead atoms. The first-order chi connectivity index (χ1) is 4.20. The van der Waals surface area contributed by atoms with Crippen LogP contribution in [0.5, 0.6) is 0 Å². The van der Waals surface area contributed by atoms with E-state index in [0.29, 0.717) is 5.56 Å². The molecule has 1 heterocycles. The Bertz CT molecular complexity index is 317. The molecule has 2 radical (unpaired) electrons. The number of hydrogen-bond donors (Lipinski definition) is 2. The molecule has 0 atom stereocenters. The maximum atomic E-state index is 10.6. The Labute approximate surface area is 107 Å². The fourth-order valence-electron chi connectivity index (χ4n) is 0.477. The van der Waals surface area contributed by atoms with Crippen LogP contribution in [0.2, 0.25) is 0 Å². The summed E-state index contributed by atoms with van der Waals surface area (Å²) in [5.74, 6) is 0. The summed E-state index contributed by atoms with van der Waals surface area (Å²) in [7, 11) is 0. The molecule has 0 saturated carbocycles. The van der Waals surface area contributed by atoms with Crippen LogP contribution in [0.1, 0.15) is 5.56 Å². The van der Waals surface area contributed by atoms with E-state index in [-0.39, 0.29) is 64.7 Å². The van der Waals surface area contributed by atoms with Gasteiger partial charge in [-0.15, -0.1) is 0 Å². The molecule has 4 nitrogen and oxygen atoms in total. The molecule has 0 fully saturated rings. The minimum absolute atomic E-state index is 0. The standard InChI is InChI=1S/C5H6N2O2.2Na/c1-3-2-6-5(9)7-4(3)8;;/h2H,1H3,(H2,6,7,8,9);;. The third-order valence-corrected chi connectivity index (χ3v) is 1.00. The third-order valence-electron chi connectivity index (χ3n) is 1.00. The van der Waals surface area contributed by atoms with Gasteiger partial charge in [0.2, 0.25) is 0 Å². The Hall–Kier alpha value is 0.680. The van der Waals surface area contributed by atoms with E-state index in [2.05, 4.69) is 9.97 Å². The van der Waals surface area contributed by atoms with E-state index in [9.17, 15) is 9.59 Å². The van der Waals surface area contributed by atoms with Crippen molar-refractivity contribution in [3.05, 3.63) is 32.6 Å². The largest absolute Gasteiger partial charge is 0.325 e. The van der Waals surface area contributed by atoms with E-state index in [1.807, 2.05) is 0 Å². The molecule has 0 aromatic carbocycles. The number of hydrogen-bond acceptors (Lipinski definition) is 2. The fraction of sp³-hybridized carbons (Fsp3) is 0.200. The molecular weight excluding hydrogens is 166 g/mol. The maximum absolute atomic E-state index is 10.6. The summed E-state index contributed by atoms with van der Waals surface area (Å²) in [6.45, 7) is 1.62. The average Bonchev–Trinajstić information content (AvgIpc) is 1.80. The summed E-state index contributed by atoms with van der Waals surface area (Å²) in [6.07, 6.45) is 1.38. The molecule has 1 aromatic rings. The van der Waals surface area contributed by atoms with Crippen LogP contribution in [0.25, 0.3) is 0 Å². The van der Waals surface area contributed by atoms with E-state index in [0.717, 1.165) is 0 Å². The van der Waals surface area contributed by atoms with Crippen LogP contribution in [0.4, 0.5) is 0 Å². The van der Waals surface area contributed by atoms with Crippen LogP contribution in [-0.2, 0) is 0 Å². The van der Waals surface area contributed by atoms with E-state index in [1.54, 1.807) is 6.92 Å². The van der Waals surface area contributed by atoms with E-state index >= 15 is 0 Å². The molecule has 50 valence electrons. The number of rotatable bonds is 0. The van der Waals surface area contributed by atoms with Gasteiger partial charge in [0.05, 0.1) is 0 Å². The van der Waals surface area contributed by atoms with Gasteiger partial charge in [-0.3, -0.25) is 9.78 Å². The summed E-state index contributed by atoms with van der Waals surface area (Å²) < 4.78 is 0. The summed E-state index contributed by atoms with van der Waals surface area (Å²) in [6, 6.07) is 0. The summed E-state index contributed by atoms with van der Waals surface area (Å²) in [5.41, 5.74) is -0.293. The van der Waals surface area contributed by atoms with Crippen LogP contribution in [0.3, 0.4) is 0 Å². The minimum Gasteiger partial charge on any atom is -0.314 e. The summed E-state index contributed by atoms with van der Waals surface area (Å²) in [5, 5.41) is 0. The van der Waals surface area contributed by atoms with Crippen molar-refractivity contribution < 1.29 is 0 Å². The first kappa shape index (κ1) is 14.2. The number of aromatic amines is 2. The number of nitrogens with one attached hydrogen (secondary N) is 2. The summed E-state index contributed by atoms with van der Waals surface area (Å²) >= 11 is 0. The number of aromatic nitrogens is 2. The average molecular weight is 172 g/mol. The van der Waals surface area contributed by atoms with Crippen LogP contribution < -0.4 is 11.2 Å². The molecule has 0 aliphatic carbocycles. The SMILES string of the molecule is Cc1c[nH]c(=O)[nH]c1=O.[Na].[Na]. The molecule has 0 aliphatic heterocycles. The van der Waals surface area contributed by atoms with Crippen molar-refractivity contribution in [2.24, 2.45) is 0 Å². The molecule has 1 rings (SSSR count). The molecule has 11 heavy (non-hydrogen) atoms. The second-order valence-electron chi connectivity index (χ2n) is 1.75. The van der Waals surface area contributed by atoms with Crippen molar-refractivity contribution >= 4 is 59.1 Å². The van der Waals surface area contributed by atoms with Crippen molar-refractivity contribution in [2.45, 2.75) is 6.92 Å². The van der Waals surface area contributed by atoms with Gasteiger partial charge in [-0.1, -0.05) is 0 Å². The van der Waals surface area contributed by atoms with Crippen LogP contribution in [0.15, 0.2) is 15.8 Å². The summed E-state index contributed by atoms with van der Waals surface area (Å²) in [4.78, 5) is 25.3. The molecule has 0 unspecified atom stereocenters. The van der Waals surface area contributed by atoms with Crippen molar-refractivity contribution in [3.8, 4) is 0 Å². The van der Waals surface area contributed by atoms with Gasteiger partial charge in [-0.25, -0.2) is 4.79 Å². The van der Waals surface area contributed by atoms with E-state index in [1.165, 1.54) is 6.20 Å². The van der Waals surface area contributed by atoms with Gasteiger partial charge < -0.3 is 4.98 Å². The zero-order chi connectivity index (χ0) is 6.85. The van der Waals surface area contributed by atoms with E-state index < -0.39 is 5.69 Å². The fourth-order valence-corrected chi connectivity index (χ4v) is 0.477. The normalized spacial score (nSPS) is 7.73. The Morgan fingerprint density at radius 3 is 2.18 bits per heavy atom. The van der Waals surface area contributed by atoms with Gasteiger partial charge in [-0.05, 0) is 6.92 Å². The molecule has 6 heteroatoms. The Balaban J connectivity index is 0. The molecule has 0 spiro atoms. The predicted octanol–water partition coefficient (Wildman–Crippen LogP) is -1.39. The second-order valence-corrected chi connectivity index (χ2v) is 1.75.